The summed E-state index contributed by atoms with van der Waals surface area (Å²) in [6, 6.07) is 10.8. The summed E-state index contributed by atoms with van der Waals surface area (Å²) < 4.78 is 6.09. The Morgan fingerprint density at radius 1 is 1.26 bits per heavy atom. The molecule has 0 radical (unpaired) electrons. The number of halogens is 1. The molecule has 1 aromatic carbocycles. The van der Waals surface area contributed by atoms with E-state index in [4.69, 9.17) is 4.74 Å². The predicted molar refractivity (Wildman–Crippen MR) is 94.5 cm³/mol. The number of hydrogen-bond acceptors (Lipinski definition) is 4. The number of thiophene rings is 1. The third kappa shape index (κ3) is 5.48. The molecule has 122 valence electrons. The summed E-state index contributed by atoms with van der Waals surface area (Å²) in [6.07, 6.45) is -0.0818. The Hall–Kier alpha value is -1.66. The minimum atomic E-state index is -0.423. The zero-order chi connectivity index (χ0) is 16.8. The highest BCUT2D eigenvalue weighted by atomic mass is 79.9. The van der Waals surface area contributed by atoms with Crippen molar-refractivity contribution in [1.82, 2.24) is 5.32 Å². The van der Waals surface area contributed by atoms with Crippen molar-refractivity contribution in [2.45, 2.75) is 32.4 Å². The van der Waals surface area contributed by atoms with Gasteiger partial charge in [0.2, 0.25) is 0 Å². The molecule has 1 N–H and O–H groups in total. The van der Waals surface area contributed by atoms with Crippen molar-refractivity contribution in [3.63, 3.8) is 0 Å². The van der Waals surface area contributed by atoms with Crippen molar-refractivity contribution < 1.29 is 14.3 Å². The molecular weight excluding hydrogens is 378 g/mol. The van der Waals surface area contributed by atoms with Crippen molar-refractivity contribution in [3.05, 3.63) is 56.7 Å². The molecule has 0 spiro atoms. The molecule has 1 heterocycles. The topological polar surface area (TPSA) is 55.4 Å². The molecule has 0 aliphatic rings. The van der Waals surface area contributed by atoms with Crippen LogP contribution >= 0.6 is 27.3 Å². The smallest absolute Gasteiger partial charge is 0.308 e. The molecule has 0 saturated heterocycles. The maximum atomic E-state index is 12.4. The molecule has 23 heavy (non-hydrogen) atoms. The van der Waals surface area contributed by atoms with E-state index >= 15 is 0 Å². The van der Waals surface area contributed by atoms with Gasteiger partial charge in [-0.1, -0.05) is 30.3 Å². The van der Waals surface area contributed by atoms with E-state index in [1.54, 1.807) is 25.3 Å². The van der Waals surface area contributed by atoms with Crippen LogP contribution in [0.1, 0.15) is 42.2 Å². The third-order valence-corrected chi connectivity index (χ3v) is 4.58. The highest BCUT2D eigenvalue weighted by Gasteiger charge is 2.21. The first kappa shape index (κ1) is 17.7. The Morgan fingerprint density at radius 3 is 2.52 bits per heavy atom. The maximum absolute atomic E-state index is 12.4. The minimum Gasteiger partial charge on any atom is -0.463 e. The first-order valence-corrected chi connectivity index (χ1v) is 8.92. The van der Waals surface area contributed by atoms with Crippen LogP contribution in [0.4, 0.5) is 0 Å². The molecule has 0 bridgehead atoms. The molecule has 1 aromatic heterocycles. The van der Waals surface area contributed by atoms with E-state index in [1.807, 2.05) is 30.3 Å². The molecular formula is C17H18BrNO3S. The molecule has 0 fully saturated rings. The van der Waals surface area contributed by atoms with Gasteiger partial charge in [0, 0.05) is 5.38 Å². The zero-order valence-corrected chi connectivity index (χ0v) is 15.3. The number of benzene rings is 1. The number of rotatable bonds is 6. The van der Waals surface area contributed by atoms with Gasteiger partial charge in [-0.25, -0.2) is 0 Å². The summed E-state index contributed by atoms with van der Waals surface area (Å²) in [4.78, 5) is 24.3. The van der Waals surface area contributed by atoms with E-state index in [-0.39, 0.29) is 24.4 Å². The van der Waals surface area contributed by atoms with Crippen LogP contribution in [-0.2, 0) is 9.53 Å². The van der Waals surface area contributed by atoms with Crippen LogP contribution in [0.25, 0.3) is 0 Å². The van der Waals surface area contributed by atoms with Gasteiger partial charge in [-0.15, -0.1) is 11.3 Å². The summed E-state index contributed by atoms with van der Waals surface area (Å²) in [7, 11) is 0. The molecule has 2 aromatic rings. The Balaban J connectivity index is 2.13. The predicted octanol–water partition coefficient (Wildman–Crippen LogP) is 4.32. The fourth-order valence-electron chi connectivity index (χ4n) is 2.09. The second-order valence-electron chi connectivity index (χ2n) is 5.32. The van der Waals surface area contributed by atoms with Crippen molar-refractivity contribution in [2.24, 2.45) is 0 Å². The van der Waals surface area contributed by atoms with Crippen LogP contribution in [0.2, 0.25) is 0 Å². The highest BCUT2D eigenvalue weighted by molar-refractivity contribution is 9.11. The molecule has 0 saturated carbocycles. The summed E-state index contributed by atoms with van der Waals surface area (Å²) in [5.74, 6) is -0.543. The van der Waals surface area contributed by atoms with Crippen molar-refractivity contribution in [1.29, 1.82) is 0 Å². The number of esters is 1. The van der Waals surface area contributed by atoms with Crippen LogP contribution in [-0.4, -0.2) is 18.0 Å². The Kier molecular flexibility index (Phi) is 6.36. The van der Waals surface area contributed by atoms with Crippen LogP contribution in [0.5, 0.6) is 0 Å². The Labute approximate surface area is 148 Å². The lowest BCUT2D eigenvalue weighted by molar-refractivity contribution is -0.147. The number of carbonyl (C=O) groups is 2. The molecule has 1 amide bonds. The largest absolute Gasteiger partial charge is 0.463 e. The lowest BCUT2D eigenvalue weighted by Gasteiger charge is -2.19. The van der Waals surface area contributed by atoms with Crippen LogP contribution in [0.3, 0.4) is 0 Å². The van der Waals surface area contributed by atoms with Gasteiger partial charge in [0.1, 0.15) is 0 Å². The minimum absolute atomic E-state index is 0.0965. The quantitative estimate of drug-likeness (QED) is 0.740. The van der Waals surface area contributed by atoms with Gasteiger partial charge in [0.15, 0.2) is 0 Å². The van der Waals surface area contributed by atoms with Crippen molar-refractivity contribution in [3.8, 4) is 0 Å². The SMILES string of the molecule is CC(C)OC(=O)CC(NC(=O)c1csc(Br)c1)c1ccccc1. The van der Waals surface area contributed by atoms with E-state index in [1.165, 1.54) is 11.3 Å². The lowest BCUT2D eigenvalue weighted by atomic mass is 10.0. The monoisotopic (exact) mass is 395 g/mol. The molecule has 0 aliphatic carbocycles. The fraction of sp³-hybridized carbons (Fsp3) is 0.294. The summed E-state index contributed by atoms with van der Waals surface area (Å²) in [5, 5.41) is 4.68. The summed E-state index contributed by atoms with van der Waals surface area (Å²) >= 11 is 4.79. The van der Waals surface area contributed by atoms with Gasteiger partial charge < -0.3 is 10.1 Å². The van der Waals surface area contributed by atoms with Crippen LogP contribution in [0.15, 0.2) is 45.6 Å². The van der Waals surface area contributed by atoms with E-state index < -0.39 is 6.04 Å². The van der Waals surface area contributed by atoms with Gasteiger partial charge in [-0.2, -0.15) is 0 Å². The fourth-order valence-corrected chi connectivity index (χ4v) is 3.22. The number of nitrogens with one attached hydrogen (secondary N) is 1. The maximum Gasteiger partial charge on any atom is 0.308 e. The molecule has 6 heteroatoms. The number of ether oxygens (including phenoxy) is 1. The van der Waals surface area contributed by atoms with E-state index in [2.05, 4.69) is 21.2 Å². The van der Waals surface area contributed by atoms with Crippen LogP contribution < -0.4 is 5.32 Å². The molecule has 1 unspecified atom stereocenters. The normalized spacial score (nSPS) is 12.0. The number of carbonyl (C=O) groups excluding carboxylic acids is 2. The first-order chi connectivity index (χ1) is 11.0. The molecule has 4 nitrogen and oxygen atoms in total. The van der Waals surface area contributed by atoms with E-state index in [9.17, 15) is 9.59 Å². The highest BCUT2D eigenvalue weighted by Crippen LogP contribution is 2.23. The first-order valence-electron chi connectivity index (χ1n) is 7.25. The average Bonchev–Trinajstić information content (AvgIpc) is 2.93. The summed E-state index contributed by atoms with van der Waals surface area (Å²) in [6.45, 7) is 3.60. The Bertz CT molecular complexity index is 669. The van der Waals surface area contributed by atoms with Gasteiger partial charge >= 0.3 is 5.97 Å². The van der Waals surface area contributed by atoms with Gasteiger partial charge in [-0.05, 0) is 41.4 Å². The standard InChI is InChI=1S/C17H18BrNO3S/c1-11(2)22-16(20)9-14(12-6-4-3-5-7-12)19-17(21)13-8-15(18)23-10-13/h3-8,10-11,14H,9H2,1-2H3,(H,19,21). The second kappa shape index (κ2) is 8.26. The van der Waals surface area contributed by atoms with Crippen LogP contribution in [0, 0.1) is 0 Å². The zero-order valence-electron chi connectivity index (χ0n) is 12.9. The molecule has 2 rings (SSSR count). The van der Waals surface area contributed by atoms with E-state index in [0.29, 0.717) is 5.56 Å². The average molecular weight is 396 g/mol. The second-order valence-corrected chi connectivity index (χ2v) is 7.61. The number of hydrogen-bond donors (Lipinski definition) is 1. The summed E-state index contributed by atoms with van der Waals surface area (Å²) in [5.41, 5.74) is 1.44. The van der Waals surface area contributed by atoms with Gasteiger partial charge in [0.25, 0.3) is 5.91 Å². The van der Waals surface area contributed by atoms with Crippen molar-refractivity contribution in [2.75, 3.05) is 0 Å². The Morgan fingerprint density at radius 2 is 1.96 bits per heavy atom. The van der Waals surface area contributed by atoms with E-state index in [0.717, 1.165) is 9.35 Å². The number of amides is 1. The van der Waals surface area contributed by atoms with Gasteiger partial charge in [0.05, 0.1) is 27.9 Å². The van der Waals surface area contributed by atoms with Gasteiger partial charge in [-0.3, -0.25) is 9.59 Å². The third-order valence-electron chi connectivity index (χ3n) is 3.07. The molecule has 0 aliphatic heterocycles. The van der Waals surface area contributed by atoms with Crippen molar-refractivity contribution >= 4 is 39.1 Å². The lowest BCUT2D eigenvalue weighted by Crippen LogP contribution is -2.30. The molecule has 1 atom stereocenters.